The molecule has 16 heavy (non-hydrogen) atoms. The second-order valence-electron chi connectivity index (χ2n) is 3.82. The summed E-state index contributed by atoms with van der Waals surface area (Å²) in [5, 5.41) is 6.96. The van der Waals surface area contributed by atoms with E-state index in [0.717, 1.165) is 18.5 Å². The minimum atomic E-state index is -0.356. The summed E-state index contributed by atoms with van der Waals surface area (Å²) in [6.45, 7) is 1.86. The highest BCUT2D eigenvalue weighted by atomic mass is 16.5. The van der Waals surface area contributed by atoms with Crippen LogP contribution in [-0.2, 0) is 11.3 Å². The summed E-state index contributed by atoms with van der Waals surface area (Å²) >= 11 is 0. The first-order valence-corrected chi connectivity index (χ1v) is 5.45. The Morgan fingerprint density at radius 2 is 2.25 bits per heavy atom. The molecule has 1 aliphatic heterocycles. The van der Waals surface area contributed by atoms with E-state index >= 15 is 0 Å². The van der Waals surface area contributed by atoms with Gasteiger partial charge in [-0.15, -0.1) is 0 Å². The van der Waals surface area contributed by atoms with Gasteiger partial charge in [0.25, 0.3) is 0 Å². The van der Waals surface area contributed by atoms with E-state index in [0.29, 0.717) is 13.2 Å². The smallest absolute Gasteiger partial charge is 0.407 e. The molecule has 1 atom stereocenters. The van der Waals surface area contributed by atoms with Crippen molar-refractivity contribution in [3.8, 4) is 0 Å². The SMILES string of the molecule is O=C(NC1CC[N]C1)OCc1ccccc1. The van der Waals surface area contributed by atoms with Crippen molar-refractivity contribution in [2.24, 2.45) is 0 Å². The topological polar surface area (TPSA) is 52.4 Å². The standard InChI is InChI=1S/C12H15N2O2/c15-12(14-11-6-7-13-8-11)16-9-10-4-2-1-3-5-10/h1-5,11H,6-9H2,(H,14,15). The molecule has 1 aliphatic rings. The van der Waals surface area contributed by atoms with Gasteiger partial charge in [-0.05, 0) is 12.0 Å². The lowest BCUT2D eigenvalue weighted by molar-refractivity contribution is 0.136. The summed E-state index contributed by atoms with van der Waals surface area (Å²) in [6, 6.07) is 9.79. The third-order valence-electron chi connectivity index (χ3n) is 2.52. The molecule has 1 heterocycles. The zero-order chi connectivity index (χ0) is 11.2. The first-order valence-electron chi connectivity index (χ1n) is 5.45. The van der Waals surface area contributed by atoms with Crippen LogP contribution in [0.3, 0.4) is 0 Å². The third-order valence-corrected chi connectivity index (χ3v) is 2.52. The van der Waals surface area contributed by atoms with Crippen molar-refractivity contribution >= 4 is 6.09 Å². The first-order chi connectivity index (χ1) is 7.84. The van der Waals surface area contributed by atoms with Gasteiger partial charge in [0.05, 0.1) is 0 Å². The predicted octanol–water partition coefficient (Wildman–Crippen LogP) is 1.29. The van der Waals surface area contributed by atoms with Crippen LogP contribution in [-0.4, -0.2) is 25.2 Å². The summed E-state index contributed by atoms with van der Waals surface area (Å²) in [5.74, 6) is 0. The molecule has 85 valence electrons. The summed E-state index contributed by atoms with van der Waals surface area (Å²) in [4.78, 5) is 11.4. The summed E-state index contributed by atoms with van der Waals surface area (Å²) in [5.41, 5.74) is 0.994. The summed E-state index contributed by atoms with van der Waals surface area (Å²) in [6.07, 6.45) is 0.562. The number of ether oxygens (including phenoxy) is 1. The number of rotatable bonds is 3. The zero-order valence-corrected chi connectivity index (χ0v) is 9.06. The Kier molecular flexibility index (Phi) is 3.77. The van der Waals surface area contributed by atoms with Crippen molar-refractivity contribution in [3.05, 3.63) is 35.9 Å². The van der Waals surface area contributed by atoms with Gasteiger partial charge in [-0.1, -0.05) is 30.3 Å². The van der Waals surface area contributed by atoms with Crippen LogP contribution in [0, 0.1) is 0 Å². The Labute approximate surface area is 95.0 Å². The molecular weight excluding hydrogens is 204 g/mol. The molecule has 1 fully saturated rings. The fourth-order valence-corrected chi connectivity index (χ4v) is 1.63. The van der Waals surface area contributed by atoms with E-state index in [1.165, 1.54) is 0 Å². The quantitative estimate of drug-likeness (QED) is 0.832. The molecule has 1 aromatic rings. The Hall–Kier alpha value is -1.55. The Balaban J connectivity index is 1.71. The van der Waals surface area contributed by atoms with Crippen LogP contribution in [0.15, 0.2) is 30.3 Å². The average Bonchev–Trinajstić information content (AvgIpc) is 2.81. The third kappa shape index (κ3) is 3.24. The predicted molar refractivity (Wildman–Crippen MR) is 60.0 cm³/mol. The van der Waals surface area contributed by atoms with Crippen LogP contribution in [0.1, 0.15) is 12.0 Å². The fourth-order valence-electron chi connectivity index (χ4n) is 1.63. The van der Waals surface area contributed by atoms with E-state index < -0.39 is 0 Å². The minimum Gasteiger partial charge on any atom is -0.445 e. The molecule has 0 aliphatic carbocycles. The normalized spacial score (nSPS) is 19.4. The van der Waals surface area contributed by atoms with Crippen molar-refractivity contribution in [2.75, 3.05) is 13.1 Å². The molecule has 1 unspecified atom stereocenters. The van der Waals surface area contributed by atoms with Gasteiger partial charge in [0.15, 0.2) is 0 Å². The largest absolute Gasteiger partial charge is 0.445 e. The van der Waals surface area contributed by atoms with Crippen molar-refractivity contribution in [3.63, 3.8) is 0 Å². The molecule has 1 aromatic carbocycles. The number of amides is 1. The average molecular weight is 219 g/mol. The van der Waals surface area contributed by atoms with E-state index in [9.17, 15) is 4.79 Å². The Morgan fingerprint density at radius 1 is 1.44 bits per heavy atom. The minimum absolute atomic E-state index is 0.156. The fraction of sp³-hybridized carbons (Fsp3) is 0.417. The molecule has 0 aromatic heterocycles. The van der Waals surface area contributed by atoms with Crippen LogP contribution in [0.5, 0.6) is 0 Å². The molecule has 4 nitrogen and oxygen atoms in total. The lowest BCUT2D eigenvalue weighted by Crippen LogP contribution is -2.35. The number of benzene rings is 1. The maximum absolute atomic E-state index is 11.4. The van der Waals surface area contributed by atoms with Gasteiger partial charge in [0, 0.05) is 19.1 Å². The van der Waals surface area contributed by atoms with E-state index in [1.807, 2.05) is 30.3 Å². The highest BCUT2D eigenvalue weighted by molar-refractivity contribution is 5.67. The number of hydrogen-bond donors (Lipinski definition) is 1. The molecule has 4 heteroatoms. The van der Waals surface area contributed by atoms with E-state index in [-0.39, 0.29) is 12.1 Å². The van der Waals surface area contributed by atoms with Crippen LogP contribution in [0.4, 0.5) is 4.79 Å². The first kappa shape index (κ1) is 11.0. The number of carbonyl (C=O) groups is 1. The van der Waals surface area contributed by atoms with Gasteiger partial charge in [0.2, 0.25) is 0 Å². The van der Waals surface area contributed by atoms with Crippen LogP contribution < -0.4 is 10.6 Å². The van der Waals surface area contributed by atoms with Crippen LogP contribution >= 0.6 is 0 Å². The zero-order valence-electron chi connectivity index (χ0n) is 9.06. The van der Waals surface area contributed by atoms with Gasteiger partial charge < -0.3 is 10.1 Å². The molecule has 1 radical (unpaired) electrons. The van der Waals surface area contributed by atoms with Crippen molar-refractivity contribution in [1.29, 1.82) is 0 Å². The number of nitrogens with zero attached hydrogens (tertiary/aromatic N) is 1. The Bertz CT molecular complexity index is 334. The number of alkyl carbamates (subject to hydrolysis) is 1. The van der Waals surface area contributed by atoms with E-state index in [4.69, 9.17) is 4.74 Å². The highest BCUT2D eigenvalue weighted by Gasteiger charge is 2.17. The maximum Gasteiger partial charge on any atom is 0.407 e. The highest BCUT2D eigenvalue weighted by Crippen LogP contribution is 2.02. The van der Waals surface area contributed by atoms with Crippen LogP contribution in [0.2, 0.25) is 0 Å². The van der Waals surface area contributed by atoms with Gasteiger partial charge >= 0.3 is 6.09 Å². The Morgan fingerprint density at radius 3 is 2.94 bits per heavy atom. The van der Waals surface area contributed by atoms with Crippen molar-refractivity contribution in [1.82, 2.24) is 10.6 Å². The second kappa shape index (κ2) is 5.51. The molecule has 2 rings (SSSR count). The second-order valence-corrected chi connectivity index (χ2v) is 3.82. The van der Waals surface area contributed by atoms with Crippen LogP contribution in [0.25, 0.3) is 0 Å². The number of hydrogen-bond acceptors (Lipinski definition) is 2. The molecule has 0 bridgehead atoms. The van der Waals surface area contributed by atoms with Crippen molar-refractivity contribution < 1.29 is 9.53 Å². The molecule has 1 saturated heterocycles. The maximum atomic E-state index is 11.4. The van der Waals surface area contributed by atoms with E-state index in [1.54, 1.807) is 0 Å². The monoisotopic (exact) mass is 219 g/mol. The summed E-state index contributed by atoms with van der Waals surface area (Å²) in [7, 11) is 0. The lowest BCUT2D eigenvalue weighted by Gasteiger charge is -2.11. The molecule has 0 saturated carbocycles. The lowest BCUT2D eigenvalue weighted by atomic mass is 10.2. The van der Waals surface area contributed by atoms with Crippen molar-refractivity contribution in [2.45, 2.75) is 19.1 Å². The number of nitrogens with one attached hydrogen (secondary N) is 1. The number of carbonyl (C=O) groups excluding carboxylic acids is 1. The van der Waals surface area contributed by atoms with E-state index in [2.05, 4.69) is 10.6 Å². The van der Waals surface area contributed by atoms with Gasteiger partial charge in [-0.3, -0.25) is 0 Å². The molecule has 0 spiro atoms. The molecule has 1 N–H and O–H groups in total. The van der Waals surface area contributed by atoms with Gasteiger partial charge in [0.1, 0.15) is 6.61 Å². The van der Waals surface area contributed by atoms with Gasteiger partial charge in [-0.25, -0.2) is 10.1 Å². The molecule has 1 amide bonds. The summed E-state index contributed by atoms with van der Waals surface area (Å²) < 4.78 is 5.10. The van der Waals surface area contributed by atoms with Gasteiger partial charge in [-0.2, -0.15) is 0 Å². The molecular formula is C12H15N2O2.